The van der Waals surface area contributed by atoms with Crippen LogP contribution in [0.2, 0.25) is 0 Å². The quantitative estimate of drug-likeness (QED) is 0.163. The number of aromatic amines is 1. The van der Waals surface area contributed by atoms with Crippen LogP contribution in [0.15, 0.2) is 47.5 Å². The molecule has 0 aliphatic carbocycles. The van der Waals surface area contributed by atoms with E-state index in [0.717, 1.165) is 17.7 Å². The number of fused-ring (bicyclic) bond motifs is 1. The highest BCUT2D eigenvalue weighted by atomic mass is 19.1. The number of carboxylic acid groups (broad SMARTS) is 1. The second-order valence-electron chi connectivity index (χ2n) is 8.72. The third-order valence-corrected chi connectivity index (χ3v) is 5.87. The Labute approximate surface area is 231 Å². The van der Waals surface area contributed by atoms with Crippen LogP contribution in [0.5, 0.6) is 11.5 Å². The van der Waals surface area contributed by atoms with Gasteiger partial charge in [0.05, 0.1) is 19.3 Å². The average molecular weight is 569 g/mol. The highest BCUT2D eigenvalue weighted by molar-refractivity contribution is 5.95. The summed E-state index contributed by atoms with van der Waals surface area (Å²) < 4.78 is 42.6. The predicted molar refractivity (Wildman–Crippen MR) is 143 cm³/mol. The van der Waals surface area contributed by atoms with Gasteiger partial charge in [-0.1, -0.05) is 0 Å². The first-order chi connectivity index (χ1) is 19.6. The Balaban J connectivity index is 0.000000909. The number of nitrogens with one attached hydrogen (secondary N) is 3. The molecule has 2 aromatic carbocycles. The van der Waals surface area contributed by atoms with Crippen molar-refractivity contribution in [3.8, 4) is 17.4 Å². The molecule has 4 aromatic rings. The number of carbonyl (C=O) groups is 1. The van der Waals surface area contributed by atoms with E-state index in [1.807, 2.05) is 0 Å². The zero-order valence-corrected chi connectivity index (χ0v) is 21.9. The van der Waals surface area contributed by atoms with Gasteiger partial charge in [0, 0.05) is 36.1 Å². The molecule has 0 bridgehead atoms. The number of carboxylic acids is 1. The van der Waals surface area contributed by atoms with E-state index in [2.05, 4.69) is 25.4 Å². The van der Waals surface area contributed by atoms with E-state index in [1.54, 1.807) is 6.07 Å². The van der Waals surface area contributed by atoms with E-state index in [1.165, 1.54) is 37.7 Å². The molecule has 41 heavy (non-hydrogen) atoms. The highest BCUT2D eigenvalue weighted by Crippen LogP contribution is 2.41. The van der Waals surface area contributed by atoms with Gasteiger partial charge < -0.3 is 25.6 Å². The number of ether oxygens (including phenoxy) is 2. The minimum atomic E-state index is -1.10. The summed E-state index contributed by atoms with van der Waals surface area (Å²) in [6, 6.07) is 5.88. The van der Waals surface area contributed by atoms with Crippen molar-refractivity contribution >= 4 is 17.5 Å². The number of nitrogen functional groups attached to an aromatic ring is 1. The number of hydrogen-bond acceptors (Lipinski definition) is 9. The summed E-state index contributed by atoms with van der Waals surface area (Å²) in [6.07, 6.45) is 3.93. The fourth-order valence-corrected chi connectivity index (χ4v) is 4.15. The average Bonchev–Trinajstić information content (AvgIpc) is 3.33. The molecule has 13 nitrogen and oxygen atoms in total. The van der Waals surface area contributed by atoms with Crippen LogP contribution in [0.4, 0.5) is 14.5 Å². The van der Waals surface area contributed by atoms with Gasteiger partial charge in [-0.05, 0) is 43.2 Å². The van der Waals surface area contributed by atoms with Crippen LogP contribution in [0, 0.1) is 17.0 Å². The van der Waals surface area contributed by atoms with Gasteiger partial charge in [-0.2, -0.15) is 0 Å². The summed E-state index contributed by atoms with van der Waals surface area (Å²) in [4.78, 5) is 32.4. The van der Waals surface area contributed by atoms with Crippen LogP contribution in [0.3, 0.4) is 0 Å². The van der Waals surface area contributed by atoms with Gasteiger partial charge in [-0.15, -0.1) is 9.78 Å². The summed E-state index contributed by atoms with van der Waals surface area (Å²) in [5, 5.41) is 22.3. The Morgan fingerprint density at radius 3 is 2.63 bits per heavy atom. The van der Waals surface area contributed by atoms with Crippen LogP contribution >= 0.6 is 0 Å². The minimum absolute atomic E-state index is 0.0162. The highest BCUT2D eigenvalue weighted by Gasteiger charge is 2.30. The second kappa shape index (κ2) is 12.2. The van der Waals surface area contributed by atoms with E-state index in [9.17, 15) is 9.18 Å². The predicted octanol–water partition coefficient (Wildman–Crippen LogP) is 2.54. The number of nitrogens with two attached hydrogens (primary N) is 1. The van der Waals surface area contributed by atoms with Crippen molar-refractivity contribution in [3.63, 3.8) is 0 Å². The lowest BCUT2D eigenvalue weighted by molar-refractivity contribution is -0.134. The molecular formula is C26H26F2N8O5. The third-order valence-electron chi connectivity index (χ3n) is 5.87. The molecule has 3 heterocycles. The number of aliphatic carboxylic acids is 1. The third kappa shape index (κ3) is 6.29. The Morgan fingerprint density at radius 2 is 2.00 bits per heavy atom. The number of nitrogens with zero attached hydrogens (tertiary/aromatic N) is 4. The number of benzene rings is 2. The van der Waals surface area contributed by atoms with Gasteiger partial charge in [0.2, 0.25) is 0 Å². The topological polar surface area (TPSA) is 194 Å². The van der Waals surface area contributed by atoms with Crippen molar-refractivity contribution in [2.75, 3.05) is 19.0 Å². The number of H-pyrrole nitrogens is 1. The van der Waals surface area contributed by atoms with Crippen molar-refractivity contribution in [2.45, 2.75) is 25.8 Å². The van der Waals surface area contributed by atoms with E-state index >= 15 is 4.39 Å². The van der Waals surface area contributed by atoms with Crippen LogP contribution in [-0.2, 0) is 11.2 Å². The second-order valence-corrected chi connectivity index (χ2v) is 8.72. The van der Waals surface area contributed by atoms with Gasteiger partial charge >= 0.3 is 5.69 Å². The maximum absolute atomic E-state index is 15.9. The number of aromatic nitrogens is 5. The Morgan fingerprint density at radius 1 is 1.29 bits per heavy atom. The smallest absolute Gasteiger partial charge is 0.350 e. The van der Waals surface area contributed by atoms with Crippen LogP contribution in [-0.4, -0.2) is 55.4 Å². The molecule has 1 aliphatic heterocycles. The summed E-state index contributed by atoms with van der Waals surface area (Å²) in [6.45, 7) is 1.51. The first-order valence-electron chi connectivity index (χ1n) is 12.2. The van der Waals surface area contributed by atoms with E-state index in [-0.39, 0.29) is 28.6 Å². The maximum Gasteiger partial charge on any atom is 0.350 e. The Bertz CT molecular complexity index is 1640. The standard InChI is InChI=1S/C24H22F2N8O3.C2H4O2/c1-36-17-11-15(18(26)14-4-2-9-37-20(14)17)19(31-12-5-6-13(21(27)28)16(25)10-12)22-32-24(35)34(33-22)23-29-7-3-8-30-23;1-2(3)4/h3,5-8,10-11,19,31H,2,4,9H2,1H3,(H3,27,28)(H,32,33,35);1H3,(H,3,4). The number of hydrogen-bond donors (Lipinski definition) is 5. The molecule has 0 fully saturated rings. The minimum Gasteiger partial charge on any atom is -0.493 e. The van der Waals surface area contributed by atoms with Crippen molar-refractivity contribution in [2.24, 2.45) is 5.73 Å². The first-order valence-corrected chi connectivity index (χ1v) is 12.2. The van der Waals surface area contributed by atoms with E-state index in [0.29, 0.717) is 36.5 Å². The Hall–Kier alpha value is -5.34. The number of methoxy groups -OCH3 is 1. The summed E-state index contributed by atoms with van der Waals surface area (Å²) in [5.74, 6) is -1.91. The van der Waals surface area contributed by atoms with Crippen LogP contribution in [0.25, 0.3) is 5.95 Å². The van der Waals surface area contributed by atoms with E-state index in [4.69, 9.17) is 30.5 Å². The van der Waals surface area contributed by atoms with Gasteiger partial charge in [0.15, 0.2) is 17.3 Å². The molecule has 0 saturated carbocycles. The lowest BCUT2D eigenvalue weighted by Gasteiger charge is -2.25. The summed E-state index contributed by atoms with van der Waals surface area (Å²) in [7, 11) is 1.44. The van der Waals surface area contributed by atoms with Crippen molar-refractivity contribution in [1.82, 2.24) is 24.7 Å². The van der Waals surface area contributed by atoms with Crippen molar-refractivity contribution < 1.29 is 28.2 Å². The maximum atomic E-state index is 15.9. The van der Waals surface area contributed by atoms with Gasteiger partial charge in [0.25, 0.3) is 11.9 Å². The SMILES string of the molecule is CC(=O)O.COc1cc(C(Nc2ccc(C(=N)N)c(F)c2)c2nn(-c3ncccn3)c(=O)[nH]2)c(F)c2c1OCCC2. The zero-order chi connectivity index (χ0) is 29.7. The lowest BCUT2D eigenvalue weighted by atomic mass is 9.96. The van der Waals surface area contributed by atoms with Crippen molar-refractivity contribution in [3.05, 3.63) is 87.4 Å². The van der Waals surface area contributed by atoms with Crippen LogP contribution in [0.1, 0.15) is 41.9 Å². The lowest BCUT2D eigenvalue weighted by Crippen LogP contribution is -2.20. The van der Waals surface area contributed by atoms with E-state index < -0.39 is 35.2 Å². The summed E-state index contributed by atoms with van der Waals surface area (Å²) >= 11 is 0. The fourth-order valence-electron chi connectivity index (χ4n) is 4.15. The van der Waals surface area contributed by atoms with Gasteiger partial charge in [-0.3, -0.25) is 15.2 Å². The number of rotatable bonds is 7. The van der Waals surface area contributed by atoms with Crippen molar-refractivity contribution in [1.29, 1.82) is 5.41 Å². The number of amidine groups is 1. The van der Waals surface area contributed by atoms with Gasteiger partial charge in [-0.25, -0.2) is 23.5 Å². The molecular weight excluding hydrogens is 542 g/mol. The molecule has 0 spiro atoms. The molecule has 6 N–H and O–H groups in total. The van der Waals surface area contributed by atoms with Gasteiger partial charge in [0.1, 0.15) is 23.5 Å². The molecule has 0 amide bonds. The van der Waals surface area contributed by atoms with Crippen LogP contribution < -0.4 is 26.2 Å². The molecule has 0 radical (unpaired) electrons. The first kappa shape index (κ1) is 28.7. The molecule has 1 atom stereocenters. The molecule has 15 heteroatoms. The molecule has 1 aliphatic rings. The molecule has 2 aromatic heterocycles. The summed E-state index contributed by atoms with van der Waals surface area (Å²) in [5.41, 5.74) is 5.34. The largest absolute Gasteiger partial charge is 0.493 e. The number of anilines is 1. The Kier molecular flexibility index (Phi) is 8.55. The molecule has 5 rings (SSSR count). The molecule has 1 unspecified atom stereocenters. The monoisotopic (exact) mass is 568 g/mol. The molecule has 0 saturated heterocycles. The fraction of sp³-hybridized carbons (Fsp3) is 0.231. The molecule has 214 valence electrons. The normalized spacial score (nSPS) is 12.7. The number of halogens is 2. The zero-order valence-electron chi connectivity index (χ0n) is 21.9.